The summed E-state index contributed by atoms with van der Waals surface area (Å²) in [4.78, 5) is 10.8. The Hall–Kier alpha value is -0.780. The molecule has 1 aliphatic carbocycles. The molecule has 1 aliphatic rings. The largest absolute Gasteiger partial charge is 0.481 e. The molecule has 0 aliphatic heterocycles. The van der Waals surface area contributed by atoms with Crippen LogP contribution in [0.4, 0.5) is 13.2 Å². The van der Waals surface area contributed by atoms with E-state index in [0.29, 0.717) is 0 Å². The lowest BCUT2D eigenvalue weighted by Gasteiger charge is -2.41. The Morgan fingerprint density at radius 2 is 1.88 bits per heavy atom. The van der Waals surface area contributed by atoms with E-state index in [1.807, 2.05) is 0 Å². The van der Waals surface area contributed by atoms with E-state index in [1.165, 1.54) is 0 Å². The Kier molecular flexibility index (Phi) is 4.06. The molecule has 1 N–H and O–H groups in total. The Balaban J connectivity index is 2.69. The maximum Gasteiger partial charge on any atom is 0.417 e. The molecule has 6 heteroatoms. The van der Waals surface area contributed by atoms with Gasteiger partial charge in [0.1, 0.15) is 0 Å². The van der Waals surface area contributed by atoms with Crippen LogP contribution in [-0.4, -0.2) is 30.0 Å². The number of carboxylic acid groups (broad SMARTS) is 1. The summed E-state index contributed by atoms with van der Waals surface area (Å²) >= 11 is 0. The molecule has 0 saturated heterocycles. The third-order valence-electron chi connectivity index (χ3n) is 3.84. The molecule has 0 radical (unpaired) electrons. The van der Waals surface area contributed by atoms with Crippen LogP contribution in [0.15, 0.2) is 0 Å². The van der Waals surface area contributed by atoms with Gasteiger partial charge in [-0.2, -0.15) is 13.2 Å². The number of ether oxygens (including phenoxy) is 1. The number of rotatable bonds is 3. The first-order valence-electron chi connectivity index (χ1n) is 5.58. The van der Waals surface area contributed by atoms with Crippen molar-refractivity contribution in [2.75, 3.05) is 7.11 Å². The van der Waals surface area contributed by atoms with Crippen molar-refractivity contribution in [3.63, 3.8) is 0 Å². The Morgan fingerprint density at radius 1 is 1.41 bits per heavy atom. The molecule has 1 atom stereocenters. The molecule has 0 heterocycles. The molecule has 0 amide bonds. The third-order valence-corrected chi connectivity index (χ3v) is 3.84. The molecule has 3 nitrogen and oxygen atoms in total. The highest BCUT2D eigenvalue weighted by atomic mass is 19.4. The zero-order valence-electron chi connectivity index (χ0n) is 9.88. The zero-order valence-corrected chi connectivity index (χ0v) is 9.88. The predicted molar refractivity (Wildman–Crippen MR) is 54.6 cm³/mol. The third kappa shape index (κ3) is 2.73. The van der Waals surface area contributed by atoms with E-state index >= 15 is 0 Å². The predicted octanol–water partition coefficient (Wildman–Crippen LogP) is 2.84. The molecule has 0 spiro atoms. The number of carbonyl (C=O) groups is 1. The fourth-order valence-electron chi connectivity index (χ4n) is 2.41. The second-order valence-electron chi connectivity index (χ2n) is 4.66. The van der Waals surface area contributed by atoms with Gasteiger partial charge in [0.25, 0.3) is 0 Å². The van der Waals surface area contributed by atoms with Crippen molar-refractivity contribution in [1.29, 1.82) is 0 Å². The summed E-state index contributed by atoms with van der Waals surface area (Å²) in [6, 6.07) is 0. The normalized spacial score (nSPS) is 32.2. The van der Waals surface area contributed by atoms with Crippen molar-refractivity contribution in [3.05, 3.63) is 0 Å². The Labute approximate surface area is 97.9 Å². The first kappa shape index (κ1) is 14.3. The highest BCUT2D eigenvalue weighted by Gasteiger charge is 2.56. The van der Waals surface area contributed by atoms with Crippen LogP contribution in [0.3, 0.4) is 0 Å². The van der Waals surface area contributed by atoms with Crippen molar-refractivity contribution in [1.82, 2.24) is 0 Å². The quantitative estimate of drug-likeness (QED) is 0.842. The van der Waals surface area contributed by atoms with Gasteiger partial charge in [-0.15, -0.1) is 0 Å². The van der Waals surface area contributed by atoms with Gasteiger partial charge in [0.2, 0.25) is 0 Å². The van der Waals surface area contributed by atoms with E-state index in [9.17, 15) is 18.0 Å². The first-order chi connectivity index (χ1) is 7.73. The van der Waals surface area contributed by atoms with Crippen LogP contribution in [0.2, 0.25) is 0 Å². The number of aliphatic carboxylic acids is 1. The van der Waals surface area contributed by atoms with Crippen molar-refractivity contribution in [3.8, 4) is 0 Å². The van der Waals surface area contributed by atoms with Gasteiger partial charge in [0, 0.05) is 7.11 Å². The van der Waals surface area contributed by atoms with Crippen LogP contribution >= 0.6 is 0 Å². The fourth-order valence-corrected chi connectivity index (χ4v) is 2.41. The molecule has 1 unspecified atom stereocenters. The topological polar surface area (TPSA) is 46.5 Å². The summed E-state index contributed by atoms with van der Waals surface area (Å²) < 4.78 is 43.2. The van der Waals surface area contributed by atoms with E-state index in [-0.39, 0.29) is 31.6 Å². The first-order valence-corrected chi connectivity index (χ1v) is 5.58. The highest BCUT2D eigenvalue weighted by Crippen LogP contribution is 2.46. The molecule has 1 rings (SSSR count). The van der Waals surface area contributed by atoms with Crippen LogP contribution in [-0.2, 0) is 9.53 Å². The monoisotopic (exact) mass is 254 g/mol. The summed E-state index contributed by atoms with van der Waals surface area (Å²) in [7, 11) is 1.06. The SMILES string of the molecule is COC1(C(F)(F)F)CCC(C(C)C(=O)O)CC1. The molecule has 1 saturated carbocycles. The van der Waals surface area contributed by atoms with Crippen LogP contribution < -0.4 is 0 Å². The zero-order chi connectivity index (χ0) is 13.3. The van der Waals surface area contributed by atoms with Crippen molar-refractivity contribution >= 4 is 5.97 Å². The van der Waals surface area contributed by atoms with Crippen LogP contribution in [0.1, 0.15) is 32.6 Å². The van der Waals surface area contributed by atoms with Gasteiger partial charge in [-0.1, -0.05) is 6.92 Å². The molecular weight excluding hydrogens is 237 g/mol. The minimum Gasteiger partial charge on any atom is -0.481 e. The minimum atomic E-state index is -4.39. The number of halogens is 3. The van der Waals surface area contributed by atoms with Crippen LogP contribution in [0, 0.1) is 11.8 Å². The van der Waals surface area contributed by atoms with Crippen LogP contribution in [0.5, 0.6) is 0 Å². The summed E-state index contributed by atoms with van der Waals surface area (Å²) in [6.45, 7) is 1.54. The molecule has 0 aromatic heterocycles. The number of methoxy groups -OCH3 is 1. The van der Waals surface area contributed by atoms with Gasteiger partial charge in [0.15, 0.2) is 5.60 Å². The minimum absolute atomic E-state index is 0.157. The maximum absolute atomic E-state index is 12.8. The summed E-state index contributed by atoms with van der Waals surface area (Å²) in [5.41, 5.74) is -2.08. The standard InChI is InChI=1S/C11H17F3O3/c1-7(9(15)16)8-3-5-10(17-2,6-4-8)11(12,13)14/h7-8H,3-6H2,1-2H3,(H,15,16). The summed E-state index contributed by atoms with van der Waals surface area (Å²) in [6.07, 6.45) is -4.23. The van der Waals surface area contributed by atoms with E-state index in [0.717, 1.165) is 7.11 Å². The molecule has 100 valence electrons. The van der Waals surface area contributed by atoms with Gasteiger partial charge in [-0.05, 0) is 31.6 Å². The lowest BCUT2D eigenvalue weighted by Crippen LogP contribution is -2.50. The van der Waals surface area contributed by atoms with E-state index in [1.54, 1.807) is 6.92 Å². The van der Waals surface area contributed by atoms with E-state index in [4.69, 9.17) is 5.11 Å². The smallest absolute Gasteiger partial charge is 0.417 e. The van der Waals surface area contributed by atoms with E-state index < -0.39 is 23.7 Å². The maximum atomic E-state index is 12.8. The van der Waals surface area contributed by atoms with Crippen molar-refractivity contribution < 1.29 is 27.8 Å². The lowest BCUT2D eigenvalue weighted by atomic mass is 9.73. The van der Waals surface area contributed by atoms with Gasteiger partial charge in [-0.25, -0.2) is 0 Å². The average Bonchev–Trinajstić information content (AvgIpc) is 2.26. The highest BCUT2D eigenvalue weighted by molar-refractivity contribution is 5.69. The molecular formula is C11H17F3O3. The van der Waals surface area contributed by atoms with Gasteiger partial charge < -0.3 is 9.84 Å². The average molecular weight is 254 g/mol. The lowest BCUT2D eigenvalue weighted by molar-refractivity contribution is -0.282. The number of hydrogen-bond acceptors (Lipinski definition) is 2. The molecule has 0 aromatic carbocycles. The fraction of sp³-hybridized carbons (Fsp3) is 0.909. The van der Waals surface area contributed by atoms with Gasteiger partial charge in [-0.3, -0.25) is 4.79 Å². The second-order valence-corrected chi connectivity index (χ2v) is 4.66. The summed E-state index contributed by atoms with van der Waals surface area (Å²) in [5, 5.41) is 8.83. The second kappa shape index (κ2) is 4.84. The Morgan fingerprint density at radius 3 is 2.18 bits per heavy atom. The van der Waals surface area contributed by atoms with Crippen LogP contribution in [0.25, 0.3) is 0 Å². The number of alkyl halides is 3. The Bertz CT molecular complexity index is 280. The van der Waals surface area contributed by atoms with Gasteiger partial charge >= 0.3 is 12.1 Å². The summed E-state index contributed by atoms with van der Waals surface area (Å²) in [5.74, 6) is -1.75. The van der Waals surface area contributed by atoms with E-state index in [2.05, 4.69) is 4.74 Å². The molecule has 0 bridgehead atoms. The molecule has 0 aromatic rings. The number of carboxylic acids is 1. The molecule has 1 fully saturated rings. The van der Waals surface area contributed by atoms with Gasteiger partial charge in [0.05, 0.1) is 5.92 Å². The van der Waals surface area contributed by atoms with Crippen molar-refractivity contribution in [2.45, 2.75) is 44.4 Å². The number of hydrogen-bond donors (Lipinski definition) is 1. The van der Waals surface area contributed by atoms with Crippen molar-refractivity contribution in [2.24, 2.45) is 11.8 Å². The molecule has 17 heavy (non-hydrogen) atoms.